The minimum absolute atomic E-state index is 0.0327. The lowest BCUT2D eigenvalue weighted by Crippen LogP contribution is -2.24. The summed E-state index contributed by atoms with van der Waals surface area (Å²) in [5.74, 6) is 0.572. The average molecular weight is 373 g/mol. The van der Waals surface area contributed by atoms with E-state index >= 15 is 0 Å². The van der Waals surface area contributed by atoms with Crippen molar-refractivity contribution in [1.82, 2.24) is 13.9 Å². The standard InChI is InChI=1S/C18H20N4OS2/c1-4-9-22-17(23)14-12-7-5-6-8-13(12)24-16(14)20-18(22)19-15-10(2)21-25-11(15)3/h4H,1,5-9H2,2-3H3,(H,19,20). The van der Waals surface area contributed by atoms with E-state index in [1.807, 2.05) is 13.8 Å². The maximum absolute atomic E-state index is 13.2. The molecule has 0 bridgehead atoms. The molecule has 1 aliphatic carbocycles. The first kappa shape index (κ1) is 16.5. The molecule has 3 aromatic heterocycles. The zero-order valence-electron chi connectivity index (χ0n) is 14.4. The molecule has 1 aliphatic rings. The van der Waals surface area contributed by atoms with Gasteiger partial charge >= 0.3 is 0 Å². The zero-order valence-corrected chi connectivity index (χ0v) is 16.0. The summed E-state index contributed by atoms with van der Waals surface area (Å²) in [6.07, 6.45) is 6.14. The lowest BCUT2D eigenvalue weighted by Gasteiger charge is -2.14. The Morgan fingerprint density at radius 3 is 2.84 bits per heavy atom. The van der Waals surface area contributed by atoms with Gasteiger partial charge in [0.2, 0.25) is 5.95 Å². The Balaban J connectivity index is 1.93. The molecule has 0 saturated carbocycles. The number of hydrogen-bond donors (Lipinski definition) is 1. The van der Waals surface area contributed by atoms with E-state index in [4.69, 9.17) is 4.98 Å². The smallest absolute Gasteiger partial charge is 0.264 e. The maximum Gasteiger partial charge on any atom is 0.264 e. The van der Waals surface area contributed by atoms with Crippen LogP contribution in [0.5, 0.6) is 0 Å². The molecule has 3 aromatic rings. The Morgan fingerprint density at radius 1 is 1.32 bits per heavy atom. The highest BCUT2D eigenvalue weighted by Crippen LogP contribution is 2.35. The molecule has 130 valence electrons. The van der Waals surface area contributed by atoms with Gasteiger partial charge in [-0.05, 0) is 56.6 Å². The van der Waals surface area contributed by atoms with Crippen molar-refractivity contribution in [3.8, 4) is 0 Å². The molecular weight excluding hydrogens is 352 g/mol. The fraction of sp³-hybridized carbons (Fsp3) is 0.389. The molecule has 0 aromatic carbocycles. The molecule has 4 rings (SSSR count). The Kier molecular flexibility index (Phi) is 4.21. The van der Waals surface area contributed by atoms with Gasteiger partial charge in [-0.3, -0.25) is 9.36 Å². The number of allylic oxidation sites excluding steroid dienone is 1. The summed E-state index contributed by atoms with van der Waals surface area (Å²) >= 11 is 3.13. The van der Waals surface area contributed by atoms with Gasteiger partial charge < -0.3 is 5.32 Å². The third-order valence-corrected chi connectivity index (χ3v) is 6.69. The summed E-state index contributed by atoms with van der Waals surface area (Å²) in [6.45, 7) is 8.22. The Morgan fingerprint density at radius 2 is 2.12 bits per heavy atom. The number of fused-ring (bicyclic) bond motifs is 3. The number of nitrogens with one attached hydrogen (secondary N) is 1. The maximum atomic E-state index is 13.2. The Bertz CT molecular complexity index is 1010. The normalized spacial score (nSPS) is 13.8. The lowest BCUT2D eigenvalue weighted by atomic mass is 9.97. The molecule has 0 aliphatic heterocycles. The molecule has 5 nitrogen and oxygen atoms in total. The first-order valence-corrected chi connectivity index (χ1v) is 10.0. The van der Waals surface area contributed by atoms with Crippen LogP contribution in [0.15, 0.2) is 17.4 Å². The quantitative estimate of drug-likeness (QED) is 0.692. The van der Waals surface area contributed by atoms with Gasteiger partial charge in [0, 0.05) is 16.3 Å². The van der Waals surface area contributed by atoms with Gasteiger partial charge in [-0.15, -0.1) is 17.9 Å². The van der Waals surface area contributed by atoms with Crippen molar-refractivity contribution in [1.29, 1.82) is 0 Å². The molecular formula is C18H20N4OS2. The highest BCUT2D eigenvalue weighted by molar-refractivity contribution is 7.18. The van der Waals surface area contributed by atoms with Crippen LogP contribution in [-0.4, -0.2) is 13.9 Å². The first-order chi connectivity index (χ1) is 12.1. The van der Waals surface area contributed by atoms with Crippen LogP contribution >= 0.6 is 22.9 Å². The topological polar surface area (TPSA) is 59.8 Å². The van der Waals surface area contributed by atoms with Crippen LogP contribution in [-0.2, 0) is 19.4 Å². The van der Waals surface area contributed by atoms with E-state index in [1.165, 1.54) is 28.4 Å². The average Bonchev–Trinajstić information content (AvgIpc) is 3.12. The molecule has 0 amide bonds. The van der Waals surface area contributed by atoms with E-state index in [-0.39, 0.29) is 5.56 Å². The van der Waals surface area contributed by atoms with Crippen LogP contribution in [0, 0.1) is 13.8 Å². The van der Waals surface area contributed by atoms with Crippen LogP contribution in [0.2, 0.25) is 0 Å². The van der Waals surface area contributed by atoms with Crippen molar-refractivity contribution < 1.29 is 0 Å². The summed E-state index contributed by atoms with van der Waals surface area (Å²) in [7, 11) is 0. The van der Waals surface area contributed by atoms with Gasteiger partial charge in [0.05, 0.1) is 16.8 Å². The molecule has 1 N–H and O–H groups in total. The van der Waals surface area contributed by atoms with E-state index in [2.05, 4.69) is 16.3 Å². The van der Waals surface area contributed by atoms with Crippen LogP contribution in [0.3, 0.4) is 0 Å². The summed E-state index contributed by atoms with van der Waals surface area (Å²) in [5.41, 5.74) is 3.12. The van der Waals surface area contributed by atoms with E-state index in [0.717, 1.165) is 45.7 Å². The Hall–Kier alpha value is -1.99. The highest BCUT2D eigenvalue weighted by Gasteiger charge is 2.22. The molecule has 0 saturated heterocycles. The summed E-state index contributed by atoms with van der Waals surface area (Å²) in [5, 5.41) is 4.16. The van der Waals surface area contributed by atoms with Crippen molar-refractivity contribution >= 4 is 44.7 Å². The molecule has 3 heterocycles. The molecule has 0 spiro atoms. The predicted octanol–water partition coefficient (Wildman–Crippen LogP) is 4.34. The molecule has 0 radical (unpaired) electrons. The van der Waals surface area contributed by atoms with E-state index in [1.54, 1.807) is 22.0 Å². The molecule has 0 atom stereocenters. The van der Waals surface area contributed by atoms with Crippen LogP contribution in [0.1, 0.15) is 33.9 Å². The van der Waals surface area contributed by atoms with Crippen molar-refractivity contribution in [3.05, 3.63) is 44.0 Å². The van der Waals surface area contributed by atoms with Crippen molar-refractivity contribution in [2.75, 3.05) is 5.32 Å². The zero-order chi connectivity index (χ0) is 17.6. The van der Waals surface area contributed by atoms with Gasteiger partial charge in [-0.2, -0.15) is 4.37 Å². The summed E-state index contributed by atoms with van der Waals surface area (Å²) in [6, 6.07) is 0. The predicted molar refractivity (Wildman–Crippen MR) is 106 cm³/mol. The van der Waals surface area contributed by atoms with E-state index in [0.29, 0.717) is 12.5 Å². The number of aromatic nitrogens is 3. The van der Waals surface area contributed by atoms with Gasteiger partial charge in [-0.1, -0.05) is 6.08 Å². The third-order valence-electron chi connectivity index (χ3n) is 4.66. The number of thiophene rings is 1. The molecule has 7 heteroatoms. The van der Waals surface area contributed by atoms with Gasteiger partial charge in [-0.25, -0.2) is 4.98 Å². The Labute approximate surface area is 154 Å². The van der Waals surface area contributed by atoms with E-state index < -0.39 is 0 Å². The van der Waals surface area contributed by atoms with E-state index in [9.17, 15) is 4.79 Å². The fourth-order valence-electron chi connectivity index (χ4n) is 3.41. The number of anilines is 2. The second-order valence-corrected chi connectivity index (χ2v) is 8.42. The number of nitrogens with zero attached hydrogens (tertiary/aromatic N) is 3. The van der Waals surface area contributed by atoms with Crippen LogP contribution in [0.4, 0.5) is 11.6 Å². The van der Waals surface area contributed by atoms with Gasteiger partial charge in [0.25, 0.3) is 5.56 Å². The largest absolute Gasteiger partial charge is 0.323 e. The summed E-state index contributed by atoms with van der Waals surface area (Å²) < 4.78 is 6.06. The second-order valence-electron chi connectivity index (χ2n) is 6.36. The monoisotopic (exact) mass is 372 g/mol. The first-order valence-electron chi connectivity index (χ1n) is 8.46. The minimum Gasteiger partial charge on any atom is -0.323 e. The summed E-state index contributed by atoms with van der Waals surface area (Å²) in [4.78, 5) is 21.3. The van der Waals surface area contributed by atoms with Gasteiger partial charge in [0.1, 0.15) is 4.83 Å². The number of aryl methyl sites for hydroxylation is 4. The van der Waals surface area contributed by atoms with Gasteiger partial charge in [0.15, 0.2) is 0 Å². The second kappa shape index (κ2) is 6.38. The highest BCUT2D eigenvalue weighted by atomic mass is 32.1. The van der Waals surface area contributed by atoms with Crippen LogP contribution in [0.25, 0.3) is 10.2 Å². The van der Waals surface area contributed by atoms with Crippen molar-refractivity contribution in [3.63, 3.8) is 0 Å². The third kappa shape index (κ3) is 2.71. The van der Waals surface area contributed by atoms with Crippen LogP contribution < -0.4 is 10.9 Å². The van der Waals surface area contributed by atoms with Crippen molar-refractivity contribution in [2.45, 2.75) is 46.1 Å². The minimum atomic E-state index is 0.0327. The fourth-order valence-corrected chi connectivity index (χ4v) is 5.31. The molecule has 25 heavy (non-hydrogen) atoms. The lowest BCUT2D eigenvalue weighted by molar-refractivity contribution is 0.698. The number of rotatable bonds is 4. The molecule has 0 unspecified atom stereocenters. The van der Waals surface area contributed by atoms with Crippen molar-refractivity contribution in [2.24, 2.45) is 0 Å². The molecule has 0 fully saturated rings. The SMILES string of the molecule is C=CCn1c(Nc2c(C)nsc2C)nc2sc3c(c2c1=O)CCCC3. The number of hydrogen-bond acceptors (Lipinski definition) is 6.